The van der Waals surface area contributed by atoms with Crippen molar-refractivity contribution >= 4 is 5.91 Å². The Morgan fingerprint density at radius 2 is 1.75 bits per heavy atom. The van der Waals surface area contributed by atoms with Crippen molar-refractivity contribution < 1.29 is 19.4 Å². The summed E-state index contributed by atoms with van der Waals surface area (Å²) in [6.07, 6.45) is -1.54. The minimum absolute atomic E-state index is 0.211. The molecule has 3 rings (SSSR count). The Bertz CT molecular complexity index is 712. The van der Waals surface area contributed by atoms with Crippen molar-refractivity contribution in [1.82, 2.24) is 5.32 Å². The fourth-order valence-electron chi connectivity index (χ4n) is 2.61. The number of hydrogen-bond donors (Lipinski definition) is 2. The first kappa shape index (κ1) is 16.3. The quantitative estimate of drug-likeness (QED) is 0.906. The van der Waals surface area contributed by atoms with Crippen LogP contribution < -0.4 is 14.8 Å². The summed E-state index contributed by atoms with van der Waals surface area (Å²) in [5.41, 5.74) is 1.80. The summed E-state index contributed by atoms with van der Waals surface area (Å²) in [6.45, 7) is 3.93. The van der Waals surface area contributed by atoms with Crippen molar-refractivity contribution in [3.8, 4) is 11.5 Å². The number of amides is 1. The van der Waals surface area contributed by atoms with Gasteiger partial charge >= 0.3 is 0 Å². The number of ether oxygens (including phenoxy) is 2. The van der Waals surface area contributed by atoms with E-state index in [1.165, 1.54) is 0 Å². The van der Waals surface area contributed by atoms with Gasteiger partial charge in [0, 0.05) is 6.54 Å². The van der Waals surface area contributed by atoms with Crippen LogP contribution in [0.3, 0.4) is 0 Å². The van der Waals surface area contributed by atoms with E-state index in [-0.39, 0.29) is 12.0 Å². The van der Waals surface area contributed by atoms with E-state index in [0.29, 0.717) is 18.0 Å². The lowest BCUT2D eigenvalue weighted by atomic mass is 10.1. The first-order valence-corrected chi connectivity index (χ1v) is 8.01. The van der Waals surface area contributed by atoms with Crippen molar-refractivity contribution in [3.63, 3.8) is 0 Å². The third kappa shape index (κ3) is 3.51. The first-order valence-electron chi connectivity index (χ1n) is 8.01. The van der Waals surface area contributed by atoms with Gasteiger partial charge in [0.25, 0.3) is 5.91 Å². The number of carbonyl (C=O) groups is 1. The molecule has 2 aromatic rings. The second kappa shape index (κ2) is 6.93. The van der Waals surface area contributed by atoms with Crippen LogP contribution in [0.25, 0.3) is 0 Å². The summed E-state index contributed by atoms with van der Waals surface area (Å²) in [5, 5.41) is 12.4. The number of carbonyl (C=O) groups excluding carboxylic acids is 1. The van der Waals surface area contributed by atoms with Crippen molar-refractivity contribution in [2.75, 3.05) is 0 Å². The highest BCUT2D eigenvalue weighted by molar-refractivity contribution is 5.82. The first-order chi connectivity index (χ1) is 11.5. The molecule has 1 aliphatic rings. The number of para-hydroxylation sites is 2. The molecular weight excluding hydrogens is 306 g/mol. The number of benzene rings is 2. The molecule has 0 aliphatic carbocycles. The Morgan fingerprint density at radius 3 is 2.38 bits per heavy atom. The van der Waals surface area contributed by atoms with Gasteiger partial charge in [-0.3, -0.25) is 4.79 Å². The highest BCUT2D eigenvalue weighted by atomic mass is 16.6. The maximum atomic E-state index is 12.4. The molecule has 0 bridgehead atoms. The van der Waals surface area contributed by atoms with E-state index < -0.39 is 12.2 Å². The average Bonchev–Trinajstić information content (AvgIpc) is 2.59. The smallest absolute Gasteiger partial charge is 0.265 e. The van der Waals surface area contributed by atoms with Crippen molar-refractivity contribution in [1.29, 1.82) is 0 Å². The SMILES string of the molecule is C[C@H](O)c1ccc(CNC(=O)[C@H]2Oc3ccccc3O[C@H]2C)cc1. The highest BCUT2D eigenvalue weighted by Crippen LogP contribution is 2.33. The molecule has 0 fully saturated rings. The van der Waals surface area contributed by atoms with Gasteiger partial charge in [0.1, 0.15) is 6.10 Å². The molecule has 126 valence electrons. The molecule has 5 nitrogen and oxygen atoms in total. The zero-order valence-corrected chi connectivity index (χ0v) is 13.7. The van der Waals surface area contributed by atoms with Crippen LogP contribution in [-0.2, 0) is 11.3 Å². The number of aliphatic hydroxyl groups excluding tert-OH is 1. The van der Waals surface area contributed by atoms with Crippen LogP contribution >= 0.6 is 0 Å². The van der Waals surface area contributed by atoms with E-state index in [4.69, 9.17) is 9.47 Å². The fraction of sp³-hybridized carbons (Fsp3) is 0.316. The minimum Gasteiger partial charge on any atom is -0.482 e. The molecular formula is C19H21NO4. The van der Waals surface area contributed by atoms with Gasteiger partial charge in [0.05, 0.1) is 6.10 Å². The van der Waals surface area contributed by atoms with Crippen LogP contribution in [0.15, 0.2) is 48.5 Å². The zero-order chi connectivity index (χ0) is 17.1. The van der Waals surface area contributed by atoms with Crippen LogP contribution in [0.2, 0.25) is 0 Å². The van der Waals surface area contributed by atoms with Gasteiger partial charge in [-0.1, -0.05) is 36.4 Å². The van der Waals surface area contributed by atoms with Crippen molar-refractivity contribution in [3.05, 3.63) is 59.7 Å². The van der Waals surface area contributed by atoms with Gasteiger partial charge in [-0.15, -0.1) is 0 Å². The maximum absolute atomic E-state index is 12.4. The molecule has 1 amide bonds. The number of nitrogens with one attached hydrogen (secondary N) is 1. The van der Waals surface area contributed by atoms with Gasteiger partial charge < -0.3 is 19.9 Å². The number of aliphatic hydroxyl groups is 1. The summed E-state index contributed by atoms with van der Waals surface area (Å²) in [5.74, 6) is 1.02. The number of rotatable bonds is 4. The average molecular weight is 327 g/mol. The van der Waals surface area contributed by atoms with E-state index in [9.17, 15) is 9.90 Å². The van der Waals surface area contributed by atoms with Crippen LogP contribution in [-0.4, -0.2) is 23.2 Å². The molecule has 0 saturated heterocycles. The number of hydrogen-bond acceptors (Lipinski definition) is 4. The van der Waals surface area contributed by atoms with Crippen LogP contribution in [0.4, 0.5) is 0 Å². The van der Waals surface area contributed by atoms with Gasteiger partial charge in [-0.25, -0.2) is 0 Å². The topological polar surface area (TPSA) is 67.8 Å². The van der Waals surface area contributed by atoms with Crippen LogP contribution in [0.5, 0.6) is 11.5 Å². The van der Waals surface area contributed by atoms with Crippen LogP contribution in [0.1, 0.15) is 31.1 Å². The molecule has 3 atom stereocenters. The Balaban J connectivity index is 1.61. The minimum atomic E-state index is -0.684. The van der Waals surface area contributed by atoms with Gasteiger partial charge in [-0.2, -0.15) is 0 Å². The molecule has 2 N–H and O–H groups in total. The molecule has 0 aromatic heterocycles. The lowest BCUT2D eigenvalue weighted by Gasteiger charge is -2.31. The van der Waals surface area contributed by atoms with Crippen molar-refractivity contribution in [2.45, 2.75) is 38.7 Å². The molecule has 0 saturated carbocycles. The normalized spacial score (nSPS) is 20.3. The van der Waals surface area contributed by atoms with E-state index in [1.807, 2.05) is 49.4 Å². The van der Waals surface area contributed by atoms with Gasteiger partial charge in [0.15, 0.2) is 11.5 Å². The summed E-state index contributed by atoms with van der Waals surface area (Å²) >= 11 is 0. The lowest BCUT2D eigenvalue weighted by Crippen LogP contribution is -2.48. The number of fused-ring (bicyclic) bond motifs is 1. The zero-order valence-electron chi connectivity index (χ0n) is 13.7. The van der Waals surface area contributed by atoms with Crippen molar-refractivity contribution in [2.24, 2.45) is 0 Å². The third-order valence-corrected chi connectivity index (χ3v) is 4.03. The largest absolute Gasteiger partial charge is 0.482 e. The van der Waals surface area contributed by atoms with E-state index in [0.717, 1.165) is 11.1 Å². The fourth-order valence-corrected chi connectivity index (χ4v) is 2.61. The molecule has 5 heteroatoms. The molecule has 1 aliphatic heterocycles. The molecule has 0 unspecified atom stereocenters. The predicted octanol–water partition coefficient (Wildman–Crippen LogP) is 2.58. The summed E-state index contributed by atoms with van der Waals surface area (Å²) in [6, 6.07) is 14.8. The van der Waals surface area contributed by atoms with E-state index in [1.54, 1.807) is 13.0 Å². The molecule has 1 heterocycles. The maximum Gasteiger partial charge on any atom is 0.265 e. The summed E-state index contributed by atoms with van der Waals surface area (Å²) < 4.78 is 11.5. The van der Waals surface area contributed by atoms with Gasteiger partial charge in [0.2, 0.25) is 6.10 Å². The Kier molecular flexibility index (Phi) is 4.71. The summed E-state index contributed by atoms with van der Waals surface area (Å²) in [7, 11) is 0. The second-order valence-corrected chi connectivity index (χ2v) is 5.94. The van der Waals surface area contributed by atoms with Gasteiger partial charge in [-0.05, 0) is 37.1 Å². The third-order valence-electron chi connectivity index (χ3n) is 4.03. The molecule has 2 aromatic carbocycles. The van der Waals surface area contributed by atoms with E-state index in [2.05, 4.69) is 5.32 Å². The lowest BCUT2D eigenvalue weighted by molar-refractivity contribution is -0.133. The molecule has 0 spiro atoms. The monoisotopic (exact) mass is 327 g/mol. The Morgan fingerprint density at radius 1 is 1.12 bits per heavy atom. The Labute approximate surface area is 141 Å². The standard InChI is InChI=1S/C19H21NO4/c1-12(21)15-9-7-14(8-10-15)11-20-19(22)18-13(2)23-16-5-3-4-6-17(16)24-18/h3-10,12-13,18,21H,11H2,1-2H3,(H,20,22)/t12-,13-,18-/m0/s1. The van der Waals surface area contributed by atoms with Crippen LogP contribution in [0, 0.1) is 0 Å². The Hall–Kier alpha value is -2.53. The highest BCUT2D eigenvalue weighted by Gasteiger charge is 2.33. The van der Waals surface area contributed by atoms with E-state index >= 15 is 0 Å². The predicted molar refractivity (Wildman–Crippen MR) is 89.9 cm³/mol. The molecule has 24 heavy (non-hydrogen) atoms. The summed E-state index contributed by atoms with van der Waals surface area (Å²) in [4.78, 5) is 12.4. The molecule has 0 radical (unpaired) electrons. The second-order valence-electron chi connectivity index (χ2n) is 5.94.